The van der Waals surface area contributed by atoms with Crippen molar-refractivity contribution in [2.75, 3.05) is 5.73 Å². The Balaban J connectivity index is 1.76. The highest BCUT2D eigenvalue weighted by atomic mass is 15.1. The Bertz CT molecular complexity index is 1300. The molecule has 5 heteroatoms. The summed E-state index contributed by atoms with van der Waals surface area (Å²) in [6, 6.07) is 8.35. The van der Waals surface area contributed by atoms with Gasteiger partial charge in [-0.3, -0.25) is 0 Å². The average Bonchev–Trinajstić information content (AvgIpc) is 2.93. The molecule has 2 aliphatic rings. The maximum absolute atomic E-state index is 6.88. The van der Waals surface area contributed by atoms with Crippen LogP contribution < -0.4 is 5.73 Å². The SMILES string of the molecule is Cn1c(-c2c3c(nc4nc5c(c(N)c24)CCCC5)CCCCC3)nc2ccccc21. The van der Waals surface area contributed by atoms with Gasteiger partial charge in [0.05, 0.1) is 16.4 Å². The van der Waals surface area contributed by atoms with Gasteiger partial charge in [-0.2, -0.15) is 0 Å². The predicted octanol–water partition coefficient (Wildman–Crippen LogP) is 4.91. The molecule has 4 aromatic rings. The normalized spacial score (nSPS) is 16.4. The molecule has 30 heavy (non-hydrogen) atoms. The number of hydrogen-bond donors (Lipinski definition) is 1. The summed E-state index contributed by atoms with van der Waals surface area (Å²) in [5, 5.41) is 1.02. The van der Waals surface area contributed by atoms with Crippen molar-refractivity contribution in [1.29, 1.82) is 0 Å². The largest absolute Gasteiger partial charge is 0.398 e. The maximum atomic E-state index is 6.88. The second kappa shape index (κ2) is 6.79. The fourth-order valence-corrected chi connectivity index (χ4v) is 5.44. The van der Waals surface area contributed by atoms with E-state index in [1.54, 1.807) is 0 Å². The molecule has 3 heterocycles. The number of nitrogens with zero attached hydrogens (tertiary/aromatic N) is 4. The highest BCUT2D eigenvalue weighted by molar-refractivity contribution is 6.03. The van der Waals surface area contributed by atoms with Crippen LogP contribution in [0.4, 0.5) is 5.69 Å². The first-order valence-corrected chi connectivity index (χ1v) is 11.3. The lowest BCUT2D eigenvalue weighted by atomic mass is 9.90. The molecule has 0 saturated carbocycles. The number of benzene rings is 1. The Morgan fingerprint density at radius 1 is 0.800 bits per heavy atom. The fourth-order valence-electron chi connectivity index (χ4n) is 5.44. The minimum Gasteiger partial charge on any atom is -0.398 e. The summed E-state index contributed by atoms with van der Waals surface area (Å²) < 4.78 is 2.22. The van der Waals surface area contributed by atoms with Gasteiger partial charge in [0.15, 0.2) is 5.65 Å². The Hall–Kier alpha value is -2.95. The molecule has 0 aliphatic heterocycles. The number of fused-ring (bicyclic) bond motifs is 4. The zero-order valence-corrected chi connectivity index (χ0v) is 17.5. The highest BCUT2D eigenvalue weighted by Crippen LogP contribution is 2.41. The van der Waals surface area contributed by atoms with Gasteiger partial charge in [-0.05, 0) is 74.6 Å². The van der Waals surface area contributed by atoms with Gasteiger partial charge in [-0.15, -0.1) is 0 Å². The first-order chi connectivity index (χ1) is 14.7. The summed E-state index contributed by atoms with van der Waals surface area (Å²) >= 11 is 0. The minimum atomic E-state index is 0.816. The predicted molar refractivity (Wildman–Crippen MR) is 122 cm³/mol. The zero-order chi connectivity index (χ0) is 20.2. The third kappa shape index (κ3) is 2.57. The topological polar surface area (TPSA) is 69.6 Å². The number of nitrogens with two attached hydrogens (primary N) is 1. The summed E-state index contributed by atoms with van der Waals surface area (Å²) in [4.78, 5) is 15.2. The molecule has 2 aliphatic carbocycles. The van der Waals surface area contributed by atoms with E-state index in [0.717, 1.165) is 65.0 Å². The van der Waals surface area contributed by atoms with Crippen molar-refractivity contribution in [3.8, 4) is 11.4 Å². The van der Waals surface area contributed by atoms with E-state index in [1.165, 1.54) is 54.5 Å². The van der Waals surface area contributed by atoms with Crippen molar-refractivity contribution in [3.05, 3.63) is 46.8 Å². The Kier molecular flexibility index (Phi) is 4.05. The molecule has 0 atom stereocenters. The summed E-state index contributed by atoms with van der Waals surface area (Å²) in [7, 11) is 2.11. The third-order valence-corrected chi connectivity index (χ3v) is 6.99. The van der Waals surface area contributed by atoms with Gasteiger partial charge in [-0.25, -0.2) is 15.0 Å². The van der Waals surface area contributed by atoms with Gasteiger partial charge in [0.2, 0.25) is 0 Å². The monoisotopic (exact) mass is 397 g/mol. The van der Waals surface area contributed by atoms with Crippen LogP contribution in [0.1, 0.15) is 54.6 Å². The van der Waals surface area contributed by atoms with Crippen LogP contribution in [0.2, 0.25) is 0 Å². The van der Waals surface area contributed by atoms with Crippen molar-refractivity contribution in [2.24, 2.45) is 7.05 Å². The molecule has 0 unspecified atom stereocenters. The molecule has 6 rings (SSSR count). The number of nitrogen functional groups attached to an aromatic ring is 1. The van der Waals surface area contributed by atoms with E-state index in [4.69, 9.17) is 20.7 Å². The van der Waals surface area contributed by atoms with E-state index < -0.39 is 0 Å². The second-order valence-corrected chi connectivity index (χ2v) is 8.81. The molecule has 0 radical (unpaired) electrons. The van der Waals surface area contributed by atoms with Gasteiger partial charge in [-0.1, -0.05) is 18.6 Å². The van der Waals surface area contributed by atoms with Crippen LogP contribution in [0.3, 0.4) is 0 Å². The molecule has 1 aromatic carbocycles. The average molecular weight is 398 g/mol. The summed E-state index contributed by atoms with van der Waals surface area (Å²) in [6.45, 7) is 0. The van der Waals surface area contributed by atoms with E-state index >= 15 is 0 Å². The third-order valence-electron chi connectivity index (χ3n) is 6.99. The zero-order valence-electron chi connectivity index (χ0n) is 17.5. The molecule has 0 amide bonds. The molecular weight excluding hydrogens is 370 g/mol. The minimum absolute atomic E-state index is 0.816. The summed E-state index contributed by atoms with van der Waals surface area (Å²) in [6.07, 6.45) is 10.1. The van der Waals surface area contributed by atoms with E-state index in [2.05, 4.69) is 35.9 Å². The van der Waals surface area contributed by atoms with Crippen molar-refractivity contribution in [3.63, 3.8) is 0 Å². The lowest BCUT2D eigenvalue weighted by Crippen LogP contribution is -2.13. The summed E-state index contributed by atoms with van der Waals surface area (Å²) in [5.74, 6) is 0.992. The van der Waals surface area contributed by atoms with E-state index in [-0.39, 0.29) is 0 Å². The quantitative estimate of drug-likeness (QED) is 0.463. The number of aromatic nitrogens is 4. The lowest BCUT2D eigenvalue weighted by Gasteiger charge is -2.22. The van der Waals surface area contributed by atoms with Gasteiger partial charge < -0.3 is 10.3 Å². The van der Waals surface area contributed by atoms with E-state index in [0.29, 0.717) is 0 Å². The standard InChI is InChI=1S/C25H27N5/c1-30-20-14-8-7-13-19(20)29-25(30)21-15-9-3-2-4-11-17(15)27-24-22(21)23(26)16-10-5-6-12-18(16)28-24/h7-8,13-14H,2-6,9-12H2,1H3,(H2,26,27,28). The smallest absolute Gasteiger partial charge is 0.162 e. The Morgan fingerprint density at radius 3 is 2.30 bits per heavy atom. The Labute approximate surface area is 176 Å². The van der Waals surface area contributed by atoms with Crippen LogP contribution in [0, 0.1) is 0 Å². The van der Waals surface area contributed by atoms with Crippen LogP contribution in [-0.4, -0.2) is 19.5 Å². The van der Waals surface area contributed by atoms with Gasteiger partial charge in [0.25, 0.3) is 0 Å². The van der Waals surface area contributed by atoms with Gasteiger partial charge in [0, 0.05) is 29.7 Å². The highest BCUT2D eigenvalue weighted by Gasteiger charge is 2.26. The number of hydrogen-bond acceptors (Lipinski definition) is 4. The number of para-hydroxylation sites is 2. The van der Waals surface area contributed by atoms with Crippen molar-refractivity contribution >= 4 is 27.8 Å². The summed E-state index contributed by atoms with van der Waals surface area (Å²) in [5.41, 5.74) is 16.8. The van der Waals surface area contributed by atoms with Crippen molar-refractivity contribution in [2.45, 2.75) is 57.8 Å². The van der Waals surface area contributed by atoms with Crippen LogP contribution in [-0.2, 0) is 32.7 Å². The molecule has 0 saturated heterocycles. The number of anilines is 1. The molecule has 5 nitrogen and oxygen atoms in total. The van der Waals surface area contributed by atoms with Crippen LogP contribution in [0.15, 0.2) is 24.3 Å². The lowest BCUT2D eigenvalue weighted by molar-refractivity contribution is 0.672. The molecule has 152 valence electrons. The number of pyridine rings is 2. The number of rotatable bonds is 1. The van der Waals surface area contributed by atoms with E-state index in [1.807, 2.05) is 0 Å². The van der Waals surface area contributed by atoms with Crippen LogP contribution in [0.5, 0.6) is 0 Å². The Morgan fingerprint density at radius 2 is 1.47 bits per heavy atom. The number of aryl methyl sites for hydroxylation is 3. The first kappa shape index (κ1) is 17.9. The van der Waals surface area contributed by atoms with Gasteiger partial charge in [0.1, 0.15) is 5.82 Å². The molecule has 0 fully saturated rings. The molecule has 0 spiro atoms. The van der Waals surface area contributed by atoms with Crippen LogP contribution >= 0.6 is 0 Å². The molecule has 0 bridgehead atoms. The maximum Gasteiger partial charge on any atom is 0.162 e. The number of imidazole rings is 1. The van der Waals surface area contributed by atoms with Gasteiger partial charge >= 0.3 is 0 Å². The fraction of sp³-hybridized carbons (Fsp3) is 0.400. The van der Waals surface area contributed by atoms with Crippen LogP contribution in [0.25, 0.3) is 33.5 Å². The van der Waals surface area contributed by atoms with Crippen molar-refractivity contribution in [1.82, 2.24) is 19.5 Å². The first-order valence-electron chi connectivity index (χ1n) is 11.3. The molecule has 2 N–H and O–H groups in total. The molecule has 3 aromatic heterocycles. The van der Waals surface area contributed by atoms with Crippen molar-refractivity contribution < 1.29 is 0 Å². The molecular formula is C25H27N5. The van der Waals surface area contributed by atoms with E-state index in [9.17, 15) is 0 Å². The second-order valence-electron chi connectivity index (χ2n) is 8.81.